The molecule has 1 rings (SSSR count). The van der Waals surface area contributed by atoms with E-state index in [1.807, 2.05) is 0 Å². The number of methoxy groups -OCH3 is 1. The van der Waals surface area contributed by atoms with E-state index in [9.17, 15) is 0 Å². The van der Waals surface area contributed by atoms with E-state index >= 15 is 0 Å². The molecule has 0 bridgehead atoms. The minimum Gasteiger partial charge on any atom is -0.396 e. The number of aliphatic hydroxyl groups is 1. The lowest BCUT2D eigenvalue weighted by molar-refractivity contribution is 0.143. The Labute approximate surface area is 123 Å². The van der Waals surface area contributed by atoms with Gasteiger partial charge in [0.15, 0.2) is 0 Å². The van der Waals surface area contributed by atoms with Crippen molar-refractivity contribution in [1.29, 1.82) is 0 Å². The molecule has 0 aliphatic carbocycles. The molecule has 0 saturated heterocycles. The molecule has 0 spiro atoms. The summed E-state index contributed by atoms with van der Waals surface area (Å²) >= 11 is 0. The third kappa shape index (κ3) is 5.23. The monoisotopic (exact) mass is 279 g/mol. The maximum Gasteiger partial charge on any atom is 0.0616 e. The molecule has 20 heavy (non-hydrogen) atoms. The average molecular weight is 279 g/mol. The van der Waals surface area contributed by atoms with Gasteiger partial charge in [-0.2, -0.15) is 0 Å². The first-order valence-corrected chi connectivity index (χ1v) is 7.34. The fourth-order valence-electron chi connectivity index (χ4n) is 2.29. The molecule has 0 aromatic heterocycles. The highest BCUT2D eigenvalue weighted by molar-refractivity contribution is 5.29. The maximum atomic E-state index is 9.08. The number of nitrogens with one attached hydrogen (secondary N) is 1. The van der Waals surface area contributed by atoms with Crippen LogP contribution in [0.1, 0.15) is 51.3 Å². The smallest absolute Gasteiger partial charge is 0.0616 e. The summed E-state index contributed by atoms with van der Waals surface area (Å²) in [7, 11) is 1.69. The lowest BCUT2D eigenvalue weighted by atomic mass is 9.86. The summed E-state index contributed by atoms with van der Waals surface area (Å²) in [5.41, 5.74) is 2.79. The Hall–Kier alpha value is -0.900. The van der Waals surface area contributed by atoms with Crippen LogP contribution in [0.3, 0.4) is 0 Å². The predicted molar refractivity (Wildman–Crippen MR) is 84.1 cm³/mol. The van der Waals surface area contributed by atoms with E-state index < -0.39 is 0 Å². The number of rotatable bonds is 7. The molecule has 2 N–H and O–H groups in total. The van der Waals surface area contributed by atoms with Crippen molar-refractivity contribution in [2.45, 2.75) is 51.6 Å². The van der Waals surface area contributed by atoms with E-state index in [1.165, 1.54) is 11.1 Å². The third-order valence-electron chi connectivity index (χ3n) is 3.61. The van der Waals surface area contributed by atoms with Gasteiger partial charge < -0.3 is 15.2 Å². The fourth-order valence-corrected chi connectivity index (χ4v) is 2.29. The first-order chi connectivity index (χ1) is 9.38. The van der Waals surface area contributed by atoms with Crippen molar-refractivity contribution in [2.24, 2.45) is 0 Å². The van der Waals surface area contributed by atoms with Crippen LogP contribution in [0.25, 0.3) is 0 Å². The lowest BCUT2D eigenvalue weighted by Gasteiger charge is -2.24. The molecule has 2 atom stereocenters. The van der Waals surface area contributed by atoms with E-state index in [-0.39, 0.29) is 24.1 Å². The molecule has 0 radical (unpaired) electrons. The first-order valence-electron chi connectivity index (χ1n) is 7.34. The zero-order valence-corrected chi connectivity index (χ0v) is 13.4. The molecular weight excluding hydrogens is 250 g/mol. The van der Waals surface area contributed by atoms with E-state index in [1.54, 1.807) is 7.11 Å². The normalized spacial score (nSPS) is 15.1. The number of benzene rings is 1. The zero-order valence-electron chi connectivity index (χ0n) is 13.4. The van der Waals surface area contributed by atoms with Crippen LogP contribution in [0.2, 0.25) is 0 Å². The van der Waals surface area contributed by atoms with Crippen molar-refractivity contribution >= 4 is 0 Å². The summed E-state index contributed by atoms with van der Waals surface area (Å²) in [6, 6.07) is 9.19. The van der Waals surface area contributed by atoms with Crippen LogP contribution in [0.15, 0.2) is 24.3 Å². The highest BCUT2D eigenvalue weighted by Crippen LogP contribution is 2.24. The van der Waals surface area contributed by atoms with Crippen LogP contribution < -0.4 is 5.32 Å². The number of hydrogen-bond acceptors (Lipinski definition) is 3. The molecule has 0 saturated carbocycles. The van der Waals surface area contributed by atoms with Crippen molar-refractivity contribution in [1.82, 2.24) is 5.32 Å². The lowest BCUT2D eigenvalue weighted by Crippen LogP contribution is -2.36. The molecule has 0 amide bonds. The Bertz CT molecular complexity index is 375. The van der Waals surface area contributed by atoms with Gasteiger partial charge in [0.1, 0.15) is 0 Å². The van der Waals surface area contributed by atoms with Gasteiger partial charge in [0.2, 0.25) is 0 Å². The molecule has 1 aromatic rings. The van der Waals surface area contributed by atoms with E-state index in [4.69, 9.17) is 9.84 Å². The van der Waals surface area contributed by atoms with Gasteiger partial charge in [-0.25, -0.2) is 0 Å². The Morgan fingerprint density at radius 3 is 2.25 bits per heavy atom. The number of ether oxygens (including phenoxy) is 1. The number of aliphatic hydroxyl groups excluding tert-OH is 1. The van der Waals surface area contributed by atoms with Crippen LogP contribution >= 0.6 is 0 Å². The van der Waals surface area contributed by atoms with Crippen LogP contribution in [-0.2, 0) is 10.2 Å². The molecular formula is C17H29NO2. The molecule has 0 heterocycles. The van der Waals surface area contributed by atoms with E-state index in [0.29, 0.717) is 13.0 Å². The summed E-state index contributed by atoms with van der Waals surface area (Å²) in [5.74, 6) is 0. The molecule has 0 aliphatic heterocycles. The molecule has 0 fully saturated rings. The highest BCUT2D eigenvalue weighted by Gasteiger charge is 2.16. The van der Waals surface area contributed by atoms with Gasteiger partial charge in [-0.1, -0.05) is 45.0 Å². The van der Waals surface area contributed by atoms with E-state index in [0.717, 1.165) is 0 Å². The Balaban J connectivity index is 2.69. The average Bonchev–Trinajstić information content (AvgIpc) is 2.38. The van der Waals surface area contributed by atoms with Crippen LogP contribution in [0.4, 0.5) is 0 Å². The van der Waals surface area contributed by atoms with Gasteiger partial charge in [-0.3, -0.25) is 0 Å². The van der Waals surface area contributed by atoms with Gasteiger partial charge in [0.25, 0.3) is 0 Å². The number of hydrogen-bond donors (Lipinski definition) is 2. The molecule has 0 aliphatic rings. The summed E-state index contributed by atoms with van der Waals surface area (Å²) in [6.45, 7) is 9.60. The first kappa shape index (κ1) is 17.2. The zero-order chi connectivity index (χ0) is 15.2. The minimum absolute atomic E-state index is 0.177. The van der Waals surface area contributed by atoms with Crippen LogP contribution in [0.5, 0.6) is 0 Å². The van der Waals surface area contributed by atoms with Gasteiger partial charge in [0, 0.05) is 25.8 Å². The van der Waals surface area contributed by atoms with Crippen molar-refractivity contribution < 1.29 is 9.84 Å². The third-order valence-corrected chi connectivity index (χ3v) is 3.61. The summed E-state index contributed by atoms with van der Waals surface area (Å²) in [4.78, 5) is 0. The van der Waals surface area contributed by atoms with Gasteiger partial charge >= 0.3 is 0 Å². The second-order valence-corrected chi connectivity index (χ2v) is 6.42. The Morgan fingerprint density at radius 1 is 1.20 bits per heavy atom. The summed E-state index contributed by atoms with van der Waals surface area (Å²) in [5, 5.41) is 12.6. The Morgan fingerprint density at radius 2 is 1.80 bits per heavy atom. The maximum absolute atomic E-state index is 9.08. The van der Waals surface area contributed by atoms with E-state index in [2.05, 4.69) is 57.3 Å². The fraction of sp³-hybridized carbons (Fsp3) is 0.647. The summed E-state index contributed by atoms with van der Waals surface area (Å²) in [6.07, 6.45) is 0.707. The molecule has 3 nitrogen and oxygen atoms in total. The topological polar surface area (TPSA) is 41.5 Å². The van der Waals surface area contributed by atoms with Crippen molar-refractivity contribution in [3.63, 3.8) is 0 Å². The van der Waals surface area contributed by atoms with Crippen LogP contribution in [0, 0.1) is 0 Å². The standard InChI is InChI=1S/C17H29NO2/c1-13(18-16(10-11-19)12-20-5)14-6-8-15(9-7-14)17(2,3)4/h6-9,13,16,18-19H,10-12H2,1-5H3. The SMILES string of the molecule is COCC(CCO)NC(C)c1ccc(C(C)(C)C)cc1. The van der Waals surface area contributed by atoms with Crippen molar-refractivity contribution in [3.8, 4) is 0 Å². The Kier molecular flexibility index (Phi) is 6.66. The van der Waals surface area contributed by atoms with Crippen molar-refractivity contribution in [3.05, 3.63) is 35.4 Å². The largest absolute Gasteiger partial charge is 0.396 e. The second kappa shape index (κ2) is 7.77. The molecule has 3 heteroatoms. The highest BCUT2D eigenvalue weighted by atomic mass is 16.5. The summed E-state index contributed by atoms with van der Waals surface area (Å²) < 4.78 is 5.18. The molecule has 1 aromatic carbocycles. The van der Waals surface area contributed by atoms with Crippen LogP contribution in [-0.4, -0.2) is 31.5 Å². The quantitative estimate of drug-likeness (QED) is 0.806. The van der Waals surface area contributed by atoms with Crippen molar-refractivity contribution in [2.75, 3.05) is 20.3 Å². The molecule has 114 valence electrons. The minimum atomic E-state index is 0.177. The predicted octanol–water partition coefficient (Wildman–Crippen LogP) is 3.03. The van der Waals surface area contributed by atoms with Gasteiger partial charge in [-0.05, 0) is 29.9 Å². The molecule has 2 unspecified atom stereocenters. The second-order valence-electron chi connectivity index (χ2n) is 6.42. The van der Waals surface area contributed by atoms with Gasteiger partial charge in [-0.15, -0.1) is 0 Å². The van der Waals surface area contributed by atoms with Gasteiger partial charge in [0.05, 0.1) is 6.61 Å².